The Balaban J connectivity index is 1.67. The van der Waals surface area contributed by atoms with Gasteiger partial charge in [-0.05, 0) is 55.3 Å². The quantitative estimate of drug-likeness (QED) is 0.817. The van der Waals surface area contributed by atoms with E-state index in [2.05, 4.69) is 41.6 Å². The first-order chi connectivity index (χ1) is 12.5. The van der Waals surface area contributed by atoms with Gasteiger partial charge in [0, 0.05) is 43.7 Å². The molecule has 0 aromatic carbocycles. The molecule has 0 aliphatic carbocycles. The molecule has 0 radical (unpaired) electrons. The van der Waals surface area contributed by atoms with E-state index in [1.165, 1.54) is 28.2 Å². The minimum Gasteiger partial charge on any atom is -0.300 e. The lowest BCUT2D eigenvalue weighted by atomic mass is 10.0. The maximum Gasteiger partial charge on any atom is 0.272 e. The lowest BCUT2D eigenvalue weighted by Gasteiger charge is -2.40. The van der Waals surface area contributed by atoms with Crippen molar-refractivity contribution in [2.24, 2.45) is 0 Å². The van der Waals surface area contributed by atoms with Gasteiger partial charge in [0.05, 0.1) is 0 Å². The maximum absolute atomic E-state index is 12.3. The molecule has 2 aromatic heterocycles. The second-order valence-electron chi connectivity index (χ2n) is 7.20. The second-order valence-corrected chi connectivity index (χ2v) is 9.50. The van der Waals surface area contributed by atoms with Crippen LogP contribution in [0.5, 0.6) is 0 Å². The van der Waals surface area contributed by atoms with E-state index in [-0.39, 0.29) is 19.6 Å². The van der Waals surface area contributed by atoms with Gasteiger partial charge in [0.25, 0.3) is 5.56 Å². The Labute approximate surface area is 154 Å². The molecule has 0 spiro atoms. The zero-order valence-corrected chi connectivity index (χ0v) is 16.5. The van der Waals surface area contributed by atoms with Crippen molar-refractivity contribution in [2.75, 3.05) is 25.3 Å². The van der Waals surface area contributed by atoms with Crippen LogP contribution in [-0.4, -0.2) is 45.6 Å². The normalized spacial score (nSPS) is 20.0. The average Bonchev–Trinajstić information content (AvgIpc) is 2.64. The van der Waals surface area contributed by atoms with Gasteiger partial charge in [-0.3, -0.25) is 20.1 Å². The van der Waals surface area contributed by atoms with Crippen LogP contribution in [0, 0.1) is 0 Å². The van der Waals surface area contributed by atoms with E-state index in [0.717, 1.165) is 25.1 Å². The molecule has 7 heteroatoms. The van der Waals surface area contributed by atoms with Crippen molar-refractivity contribution in [1.82, 2.24) is 19.5 Å². The van der Waals surface area contributed by atoms with E-state index < -0.39 is 0 Å². The second kappa shape index (κ2) is 6.60. The molecule has 136 valence electrons. The van der Waals surface area contributed by atoms with Crippen molar-refractivity contribution in [1.29, 1.82) is 0 Å². The monoisotopic (exact) mass is 369 g/mol. The molecule has 4 rings (SSSR count). The summed E-state index contributed by atoms with van der Waals surface area (Å²) in [5.74, 6) is 0.704. The lowest BCUT2D eigenvalue weighted by molar-refractivity contribution is 0.204. The Morgan fingerprint density at radius 3 is 2.85 bits per heavy atom. The number of allylic oxidation sites excluding steroid dienone is 1. The fraction of sp³-hybridized carbons (Fsp3) is 0.421. The molecule has 26 heavy (non-hydrogen) atoms. The number of fused-ring (bicyclic) bond motifs is 2. The number of rotatable bonds is 2. The Hall–Kier alpha value is -2.04. The Kier molecular flexibility index (Phi) is 4.41. The van der Waals surface area contributed by atoms with Crippen molar-refractivity contribution in [3.8, 4) is 0 Å². The summed E-state index contributed by atoms with van der Waals surface area (Å²) in [6, 6.07) is 3.81. The van der Waals surface area contributed by atoms with Crippen LogP contribution in [0.25, 0.3) is 5.57 Å². The molecule has 0 saturated heterocycles. The summed E-state index contributed by atoms with van der Waals surface area (Å²) in [5.41, 5.74) is 8.09. The van der Waals surface area contributed by atoms with E-state index in [1.54, 1.807) is 10.9 Å². The molecule has 4 heterocycles. The van der Waals surface area contributed by atoms with E-state index in [4.69, 9.17) is 4.98 Å². The van der Waals surface area contributed by atoms with Crippen LogP contribution < -0.4 is 16.3 Å². The average molecular weight is 369 g/mol. The highest BCUT2D eigenvalue weighted by Crippen LogP contribution is 2.29. The third-order valence-electron chi connectivity index (χ3n) is 5.37. The number of aromatic nitrogens is 3. The van der Waals surface area contributed by atoms with Gasteiger partial charge in [0.2, 0.25) is 0 Å². The fourth-order valence-electron chi connectivity index (χ4n) is 3.65. The number of hydrogen-bond donors (Lipinski definition) is 1. The molecule has 0 bridgehead atoms. The third-order valence-corrected chi connectivity index (χ3v) is 6.65. The summed E-state index contributed by atoms with van der Waals surface area (Å²) in [6.45, 7) is 10.4. The number of nitrogens with zero attached hydrogens (tertiary/aromatic N) is 4. The summed E-state index contributed by atoms with van der Waals surface area (Å²) in [5, 5.41) is 1.34. The Morgan fingerprint density at radius 2 is 2.08 bits per heavy atom. The van der Waals surface area contributed by atoms with Crippen molar-refractivity contribution in [2.45, 2.75) is 33.0 Å². The van der Waals surface area contributed by atoms with Gasteiger partial charge in [-0.2, -0.15) is 0 Å². The molecule has 1 atom stereocenters. The van der Waals surface area contributed by atoms with Crippen LogP contribution in [0.4, 0.5) is 0 Å². The predicted molar refractivity (Wildman–Crippen MR) is 107 cm³/mol. The smallest absolute Gasteiger partial charge is 0.272 e. The highest BCUT2D eigenvalue weighted by atomic mass is 31.1. The number of hydrogen-bond acceptors (Lipinski definition) is 5. The van der Waals surface area contributed by atoms with Crippen LogP contribution in [0.3, 0.4) is 0 Å². The van der Waals surface area contributed by atoms with Gasteiger partial charge in [0.15, 0.2) is 5.82 Å². The fourth-order valence-corrected chi connectivity index (χ4v) is 4.36. The van der Waals surface area contributed by atoms with Crippen molar-refractivity contribution < 1.29 is 0 Å². The molecule has 2 aliphatic rings. The number of nitrogens with one attached hydrogen (secondary N) is 1. The third kappa shape index (κ3) is 2.87. The van der Waals surface area contributed by atoms with Crippen LogP contribution in [0.1, 0.15) is 30.9 Å². The molecule has 6 nitrogen and oxygen atoms in total. The van der Waals surface area contributed by atoms with E-state index in [0.29, 0.717) is 5.82 Å². The van der Waals surface area contributed by atoms with E-state index in [1.807, 2.05) is 13.1 Å². The van der Waals surface area contributed by atoms with Crippen LogP contribution in [0.2, 0.25) is 0 Å². The van der Waals surface area contributed by atoms with Crippen LogP contribution in [-0.2, 0) is 13.0 Å². The zero-order chi connectivity index (χ0) is 18.4. The molecular weight excluding hydrogens is 345 g/mol. The minimum absolute atomic E-state index is 0.00836. The van der Waals surface area contributed by atoms with Gasteiger partial charge in [-0.15, -0.1) is 0 Å². The highest BCUT2D eigenvalue weighted by molar-refractivity contribution is 7.64. The molecule has 0 saturated carbocycles. The van der Waals surface area contributed by atoms with Gasteiger partial charge in [0.1, 0.15) is 6.17 Å². The van der Waals surface area contributed by atoms with Gasteiger partial charge in [-0.25, -0.2) is 9.66 Å². The van der Waals surface area contributed by atoms with Crippen LogP contribution >= 0.6 is 7.92 Å². The summed E-state index contributed by atoms with van der Waals surface area (Å²) in [4.78, 5) is 23.7. The lowest BCUT2D eigenvalue weighted by Crippen LogP contribution is -2.52. The first-order valence-electron chi connectivity index (χ1n) is 8.87. The molecule has 2 aromatic rings. The predicted octanol–water partition coefficient (Wildman–Crippen LogP) is 1.74. The summed E-state index contributed by atoms with van der Waals surface area (Å²) in [6.07, 6.45) is 4.53. The van der Waals surface area contributed by atoms with Gasteiger partial charge in [-0.1, -0.05) is 7.92 Å². The summed E-state index contributed by atoms with van der Waals surface area (Å²) >= 11 is 0. The summed E-state index contributed by atoms with van der Waals surface area (Å²) in [7, 11) is -0.154. The maximum atomic E-state index is 12.3. The van der Waals surface area contributed by atoms with Gasteiger partial charge >= 0.3 is 0 Å². The number of pyridine rings is 1. The molecule has 0 fully saturated rings. The molecule has 1 N–H and O–H groups in total. The highest BCUT2D eigenvalue weighted by Gasteiger charge is 2.30. The zero-order valence-electron chi connectivity index (χ0n) is 15.7. The standard InChI is InChI=1S/C19H24N5OP/c1-12-13(2)19(22-24-17(25)5-7-20-18(12)24)23-8-6-16-14(11-23)9-15(10-21-16)26(3)4/h5,7,9-10,19,22H,6,8,11H2,1-4H3. The SMILES string of the molecule is CC1=C(C)C(N2CCc3ncc(P(C)C)cc3C2)Nn2c1nccc2=O. The minimum atomic E-state index is -0.154. The first-order valence-corrected chi connectivity index (χ1v) is 11.1. The van der Waals surface area contributed by atoms with Crippen molar-refractivity contribution in [3.63, 3.8) is 0 Å². The topological polar surface area (TPSA) is 63.1 Å². The van der Waals surface area contributed by atoms with E-state index in [9.17, 15) is 4.79 Å². The Bertz CT molecular complexity index is 949. The Morgan fingerprint density at radius 1 is 1.27 bits per heavy atom. The van der Waals surface area contributed by atoms with Gasteiger partial charge < -0.3 is 0 Å². The largest absolute Gasteiger partial charge is 0.300 e. The molecular formula is C19H24N5OP. The molecule has 2 aliphatic heterocycles. The summed E-state index contributed by atoms with van der Waals surface area (Å²) < 4.78 is 1.58. The van der Waals surface area contributed by atoms with Crippen molar-refractivity contribution >= 4 is 18.8 Å². The van der Waals surface area contributed by atoms with Crippen LogP contribution in [0.15, 0.2) is 34.9 Å². The molecule has 1 unspecified atom stereocenters. The first kappa shape index (κ1) is 17.4. The molecule has 0 amide bonds. The van der Waals surface area contributed by atoms with E-state index >= 15 is 0 Å². The van der Waals surface area contributed by atoms with Crippen molar-refractivity contribution in [3.05, 3.63) is 57.5 Å².